The molecule has 1 atom stereocenters. The Kier molecular flexibility index (Phi) is 9.16. The molecule has 1 aliphatic heterocycles. The van der Waals surface area contributed by atoms with E-state index in [9.17, 15) is 22.4 Å². The number of halogens is 2. The van der Waals surface area contributed by atoms with Crippen LogP contribution in [0, 0.1) is 5.82 Å². The van der Waals surface area contributed by atoms with E-state index in [4.69, 9.17) is 21.1 Å². The maximum absolute atomic E-state index is 13.9. The quantitative estimate of drug-likeness (QED) is 0.383. The standard InChI is InChI=1S/C28H29ClFN3O6S/c1-3-31-28(35)19(2)32(17-20-4-6-21(29)7-5-20)27(34)18-33(23-10-8-22(30)9-11-23)40(36,37)24-12-13-25-26(16-24)39-15-14-38-25/h4-13,16,19H,3,14-15,17-18H2,1-2H3,(H,31,35)/t19-/m0/s1. The Hall–Kier alpha value is -3.83. The largest absolute Gasteiger partial charge is 0.486 e. The fourth-order valence-electron chi connectivity index (χ4n) is 4.14. The first-order valence-electron chi connectivity index (χ1n) is 12.6. The molecule has 2 amide bonds. The van der Waals surface area contributed by atoms with Crippen molar-refractivity contribution < 1.29 is 31.9 Å². The maximum Gasteiger partial charge on any atom is 0.264 e. The molecule has 3 aromatic carbocycles. The Balaban J connectivity index is 1.71. The summed E-state index contributed by atoms with van der Waals surface area (Å²) in [6.45, 7) is 3.64. The molecule has 1 aliphatic rings. The van der Waals surface area contributed by atoms with E-state index in [0.29, 0.717) is 29.5 Å². The van der Waals surface area contributed by atoms with Crippen LogP contribution in [0.5, 0.6) is 11.5 Å². The van der Waals surface area contributed by atoms with Gasteiger partial charge in [0.05, 0.1) is 10.6 Å². The first kappa shape index (κ1) is 29.2. The zero-order chi connectivity index (χ0) is 28.9. The van der Waals surface area contributed by atoms with Gasteiger partial charge < -0.3 is 19.7 Å². The van der Waals surface area contributed by atoms with E-state index in [1.54, 1.807) is 38.1 Å². The topological polar surface area (TPSA) is 105 Å². The highest BCUT2D eigenvalue weighted by Gasteiger charge is 2.33. The minimum atomic E-state index is -4.35. The Labute approximate surface area is 237 Å². The molecule has 0 aromatic heterocycles. The SMILES string of the molecule is CCNC(=O)[C@H](C)N(Cc1ccc(Cl)cc1)C(=O)CN(c1ccc(F)cc1)S(=O)(=O)c1ccc2c(c1)OCCO2. The number of nitrogens with zero attached hydrogens (tertiary/aromatic N) is 2. The lowest BCUT2D eigenvalue weighted by Gasteiger charge is -2.32. The smallest absolute Gasteiger partial charge is 0.264 e. The molecule has 4 rings (SSSR count). The molecule has 12 heteroatoms. The predicted molar refractivity (Wildman–Crippen MR) is 149 cm³/mol. The van der Waals surface area contributed by atoms with Crippen LogP contribution < -0.4 is 19.1 Å². The average Bonchev–Trinajstić information content (AvgIpc) is 2.95. The van der Waals surface area contributed by atoms with Crippen molar-refractivity contribution in [2.75, 3.05) is 30.6 Å². The number of rotatable bonds is 10. The van der Waals surface area contributed by atoms with E-state index >= 15 is 0 Å². The van der Waals surface area contributed by atoms with Crippen molar-refractivity contribution in [2.24, 2.45) is 0 Å². The molecule has 0 saturated carbocycles. The van der Waals surface area contributed by atoms with Crippen LogP contribution in [0.15, 0.2) is 71.6 Å². The molecule has 1 N–H and O–H groups in total. The second-order valence-corrected chi connectivity index (χ2v) is 11.3. The summed E-state index contributed by atoms with van der Waals surface area (Å²) in [5.74, 6) is -0.945. The van der Waals surface area contributed by atoms with Gasteiger partial charge in [-0.2, -0.15) is 0 Å². The Morgan fingerprint density at radius 3 is 2.30 bits per heavy atom. The average molecular weight is 590 g/mol. The fraction of sp³-hybridized carbons (Fsp3) is 0.286. The van der Waals surface area contributed by atoms with Crippen LogP contribution in [0.4, 0.5) is 10.1 Å². The molecule has 1 heterocycles. The van der Waals surface area contributed by atoms with Gasteiger partial charge in [-0.05, 0) is 67.9 Å². The third kappa shape index (κ3) is 6.65. The summed E-state index contributed by atoms with van der Waals surface area (Å²) in [7, 11) is -4.35. The summed E-state index contributed by atoms with van der Waals surface area (Å²) < 4.78 is 53.6. The van der Waals surface area contributed by atoms with Gasteiger partial charge in [0.25, 0.3) is 10.0 Å². The summed E-state index contributed by atoms with van der Waals surface area (Å²) >= 11 is 6.00. The number of carbonyl (C=O) groups is 2. The molecular formula is C28H29ClFN3O6S. The van der Waals surface area contributed by atoms with Crippen LogP contribution in [0.25, 0.3) is 0 Å². The number of nitrogens with one attached hydrogen (secondary N) is 1. The minimum Gasteiger partial charge on any atom is -0.486 e. The number of fused-ring (bicyclic) bond motifs is 1. The number of sulfonamides is 1. The van der Waals surface area contributed by atoms with Crippen molar-refractivity contribution in [1.29, 1.82) is 0 Å². The first-order chi connectivity index (χ1) is 19.1. The van der Waals surface area contributed by atoms with E-state index in [-0.39, 0.29) is 29.5 Å². The van der Waals surface area contributed by atoms with Crippen LogP contribution in [0.2, 0.25) is 5.02 Å². The molecule has 0 fully saturated rings. The Morgan fingerprint density at radius 1 is 1.00 bits per heavy atom. The predicted octanol–water partition coefficient (Wildman–Crippen LogP) is 4.00. The van der Waals surface area contributed by atoms with E-state index in [1.165, 1.54) is 35.2 Å². The van der Waals surface area contributed by atoms with E-state index < -0.39 is 40.2 Å². The Bertz CT molecular complexity index is 1470. The second kappa shape index (κ2) is 12.6. The molecule has 0 radical (unpaired) electrons. The number of likely N-dealkylation sites (N-methyl/N-ethyl adjacent to an activating group) is 1. The molecule has 0 unspecified atom stereocenters. The molecule has 0 spiro atoms. The van der Waals surface area contributed by atoms with Gasteiger partial charge in [0.2, 0.25) is 11.8 Å². The van der Waals surface area contributed by atoms with Crippen molar-refractivity contribution in [1.82, 2.24) is 10.2 Å². The van der Waals surface area contributed by atoms with E-state index in [1.807, 2.05) is 0 Å². The van der Waals surface area contributed by atoms with Gasteiger partial charge in [0.15, 0.2) is 11.5 Å². The van der Waals surface area contributed by atoms with Crippen LogP contribution in [-0.4, -0.2) is 57.5 Å². The van der Waals surface area contributed by atoms with Crippen molar-refractivity contribution in [3.05, 3.63) is 83.1 Å². The number of amides is 2. The van der Waals surface area contributed by atoms with Crippen molar-refractivity contribution in [3.8, 4) is 11.5 Å². The zero-order valence-electron chi connectivity index (χ0n) is 22.0. The van der Waals surface area contributed by atoms with Crippen molar-refractivity contribution in [2.45, 2.75) is 31.3 Å². The monoisotopic (exact) mass is 589 g/mol. The highest BCUT2D eigenvalue weighted by molar-refractivity contribution is 7.92. The van der Waals surface area contributed by atoms with E-state index in [0.717, 1.165) is 16.4 Å². The first-order valence-corrected chi connectivity index (χ1v) is 14.4. The summed E-state index contributed by atoms with van der Waals surface area (Å²) in [6, 6.07) is 14.8. The molecule has 0 saturated heterocycles. The van der Waals surface area contributed by atoms with Crippen LogP contribution in [0.1, 0.15) is 19.4 Å². The highest BCUT2D eigenvalue weighted by atomic mass is 35.5. The summed E-state index contributed by atoms with van der Waals surface area (Å²) in [5, 5.41) is 3.20. The lowest BCUT2D eigenvalue weighted by molar-refractivity contribution is -0.139. The van der Waals surface area contributed by atoms with Gasteiger partial charge in [-0.15, -0.1) is 0 Å². The number of hydrogen-bond donors (Lipinski definition) is 1. The normalized spacial score (nSPS) is 13.3. The summed E-state index contributed by atoms with van der Waals surface area (Å²) in [5.41, 5.74) is 0.763. The maximum atomic E-state index is 13.9. The Morgan fingerprint density at radius 2 is 1.65 bits per heavy atom. The number of benzene rings is 3. The molecule has 3 aromatic rings. The molecule has 9 nitrogen and oxygen atoms in total. The molecule has 40 heavy (non-hydrogen) atoms. The molecular weight excluding hydrogens is 561 g/mol. The molecule has 0 aliphatic carbocycles. The second-order valence-electron chi connectivity index (χ2n) is 9.01. The van der Waals surface area contributed by atoms with Gasteiger partial charge in [0.1, 0.15) is 31.6 Å². The number of hydrogen-bond acceptors (Lipinski definition) is 6. The van der Waals surface area contributed by atoms with Crippen molar-refractivity contribution >= 4 is 39.1 Å². The van der Waals surface area contributed by atoms with Crippen LogP contribution in [-0.2, 0) is 26.2 Å². The van der Waals surface area contributed by atoms with Crippen LogP contribution >= 0.6 is 11.6 Å². The van der Waals surface area contributed by atoms with Crippen LogP contribution in [0.3, 0.4) is 0 Å². The zero-order valence-corrected chi connectivity index (χ0v) is 23.5. The lowest BCUT2D eigenvalue weighted by Crippen LogP contribution is -2.51. The van der Waals surface area contributed by atoms with Gasteiger partial charge in [0, 0.05) is 24.2 Å². The van der Waals surface area contributed by atoms with Gasteiger partial charge in [-0.3, -0.25) is 13.9 Å². The highest BCUT2D eigenvalue weighted by Crippen LogP contribution is 2.34. The van der Waals surface area contributed by atoms with Crippen molar-refractivity contribution in [3.63, 3.8) is 0 Å². The van der Waals surface area contributed by atoms with Gasteiger partial charge in [-0.1, -0.05) is 23.7 Å². The van der Waals surface area contributed by atoms with Gasteiger partial charge in [-0.25, -0.2) is 12.8 Å². The third-order valence-electron chi connectivity index (χ3n) is 6.28. The molecule has 212 valence electrons. The molecule has 0 bridgehead atoms. The fourth-order valence-corrected chi connectivity index (χ4v) is 5.69. The minimum absolute atomic E-state index is 0.0234. The number of anilines is 1. The summed E-state index contributed by atoms with van der Waals surface area (Å²) in [4.78, 5) is 27.7. The van der Waals surface area contributed by atoms with E-state index in [2.05, 4.69) is 5.32 Å². The number of carbonyl (C=O) groups excluding carboxylic acids is 2. The summed E-state index contributed by atoms with van der Waals surface area (Å²) in [6.07, 6.45) is 0. The number of ether oxygens (including phenoxy) is 2. The lowest BCUT2D eigenvalue weighted by atomic mass is 10.1. The van der Waals surface area contributed by atoms with Gasteiger partial charge >= 0.3 is 0 Å². The third-order valence-corrected chi connectivity index (χ3v) is 8.30.